The van der Waals surface area contributed by atoms with E-state index in [9.17, 15) is 0 Å². The number of hydrogen-bond donors (Lipinski definition) is 1. The van der Waals surface area contributed by atoms with Gasteiger partial charge in [-0.1, -0.05) is 18.2 Å². The fraction of sp³-hybridized carbons (Fsp3) is 0.231. The van der Waals surface area contributed by atoms with Gasteiger partial charge in [0.2, 0.25) is 0 Å². The summed E-state index contributed by atoms with van der Waals surface area (Å²) in [5, 5.41) is 4.20. The molecule has 0 bridgehead atoms. The molecule has 0 aliphatic rings. The Morgan fingerprint density at radius 3 is 2.69 bits per heavy atom. The number of para-hydroxylation sites is 1. The number of ether oxygens (including phenoxy) is 1. The molecule has 2 nitrogen and oxygen atoms in total. The number of nitrogens with two attached hydrogens (primary N) is 1. The quantitative estimate of drug-likeness (QED) is 0.861. The molecule has 1 unspecified atom stereocenters. The van der Waals surface area contributed by atoms with E-state index >= 15 is 0 Å². The van der Waals surface area contributed by atoms with Crippen LogP contribution in [0.4, 0.5) is 0 Å². The largest absolute Gasteiger partial charge is 0.492 e. The molecule has 3 heteroatoms. The number of benzene rings is 1. The lowest BCUT2D eigenvalue weighted by molar-refractivity contribution is 0.287. The van der Waals surface area contributed by atoms with Gasteiger partial charge in [0.15, 0.2) is 0 Å². The Kier molecular flexibility index (Phi) is 3.97. The fourth-order valence-electron chi connectivity index (χ4n) is 1.49. The molecule has 16 heavy (non-hydrogen) atoms. The Bertz CT molecular complexity index is 399. The lowest BCUT2D eigenvalue weighted by Crippen LogP contribution is -2.29. The van der Waals surface area contributed by atoms with E-state index in [0.717, 1.165) is 12.2 Å². The van der Waals surface area contributed by atoms with E-state index in [0.29, 0.717) is 6.61 Å². The van der Waals surface area contributed by atoms with Crippen molar-refractivity contribution in [3.05, 3.63) is 52.7 Å². The Morgan fingerprint density at radius 2 is 2.00 bits per heavy atom. The van der Waals surface area contributed by atoms with Crippen LogP contribution >= 0.6 is 11.3 Å². The zero-order valence-electron chi connectivity index (χ0n) is 9.00. The van der Waals surface area contributed by atoms with Crippen molar-refractivity contribution in [3.8, 4) is 5.75 Å². The number of rotatable bonds is 5. The Hall–Kier alpha value is -1.32. The van der Waals surface area contributed by atoms with Crippen LogP contribution in [0.25, 0.3) is 0 Å². The highest BCUT2D eigenvalue weighted by atomic mass is 32.1. The molecule has 0 amide bonds. The number of thiophene rings is 1. The van der Waals surface area contributed by atoms with E-state index in [1.807, 2.05) is 30.3 Å². The summed E-state index contributed by atoms with van der Waals surface area (Å²) in [6, 6.07) is 11.9. The van der Waals surface area contributed by atoms with Gasteiger partial charge in [0.05, 0.1) is 0 Å². The highest BCUT2D eigenvalue weighted by molar-refractivity contribution is 7.07. The van der Waals surface area contributed by atoms with Gasteiger partial charge in [-0.15, -0.1) is 0 Å². The predicted octanol–water partition coefficient (Wildman–Crippen LogP) is 2.70. The number of hydrogen-bond acceptors (Lipinski definition) is 3. The summed E-state index contributed by atoms with van der Waals surface area (Å²) >= 11 is 1.70. The summed E-state index contributed by atoms with van der Waals surface area (Å²) < 4.78 is 5.59. The van der Waals surface area contributed by atoms with Crippen LogP contribution in [0, 0.1) is 0 Å². The molecule has 0 aliphatic carbocycles. The van der Waals surface area contributed by atoms with Gasteiger partial charge in [-0.25, -0.2) is 0 Å². The molecule has 2 aromatic rings. The molecule has 1 aromatic carbocycles. The third-order valence-electron chi connectivity index (χ3n) is 2.29. The average molecular weight is 233 g/mol. The molecule has 1 aromatic heterocycles. The molecule has 0 spiro atoms. The van der Waals surface area contributed by atoms with Crippen molar-refractivity contribution in [2.24, 2.45) is 5.73 Å². The molecular weight excluding hydrogens is 218 g/mol. The van der Waals surface area contributed by atoms with E-state index in [2.05, 4.69) is 16.8 Å². The summed E-state index contributed by atoms with van der Waals surface area (Å²) in [4.78, 5) is 0. The molecule has 0 saturated carbocycles. The van der Waals surface area contributed by atoms with E-state index in [4.69, 9.17) is 10.5 Å². The predicted molar refractivity (Wildman–Crippen MR) is 67.9 cm³/mol. The molecule has 0 aliphatic heterocycles. The molecule has 0 saturated heterocycles. The molecule has 2 N–H and O–H groups in total. The normalized spacial score (nSPS) is 12.3. The van der Waals surface area contributed by atoms with Gasteiger partial charge < -0.3 is 10.5 Å². The van der Waals surface area contributed by atoms with Crippen LogP contribution in [0.1, 0.15) is 5.56 Å². The SMILES string of the molecule is NC(COc1ccccc1)Cc1ccsc1. The summed E-state index contributed by atoms with van der Waals surface area (Å²) in [5.74, 6) is 0.878. The maximum atomic E-state index is 5.99. The van der Waals surface area contributed by atoms with Crippen LogP contribution in [-0.2, 0) is 6.42 Å². The minimum Gasteiger partial charge on any atom is -0.492 e. The van der Waals surface area contributed by atoms with Gasteiger partial charge >= 0.3 is 0 Å². The Labute approximate surface area is 99.7 Å². The van der Waals surface area contributed by atoms with Crippen LogP contribution in [0.15, 0.2) is 47.2 Å². The molecule has 0 fully saturated rings. The van der Waals surface area contributed by atoms with Gasteiger partial charge in [-0.3, -0.25) is 0 Å². The fourth-order valence-corrected chi connectivity index (χ4v) is 2.17. The highest BCUT2D eigenvalue weighted by Gasteiger charge is 2.05. The molecule has 0 radical (unpaired) electrons. The topological polar surface area (TPSA) is 35.2 Å². The second kappa shape index (κ2) is 5.68. The lowest BCUT2D eigenvalue weighted by atomic mass is 10.1. The van der Waals surface area contributed by atoms with Crippen LogP contribution in [0.5, 0.6) is 5.75 Å². The van der Waals surface area contributed by atoms with E-state index in [1.54, 1.807) is 11.3 Å². The second-order valence-electron chi connectivity index (χ2n) is 3.72. The molecular formula is C13H15NOS. The first-order valence-corrected chi connectivity index (χ1v) is 6.23. The summed E-state index contributed by atoms with van der Waals surface area (Å²) in [7, 11) is 0. The smallest absolute Gasteiger partial charge is 0.119 e. The van der Waals surface area contributed by atoms with Gasteiger partial charge in [0.25, 0.3) is 0 Å². The maximum absolute atomic E-state index is 5.99. The summed E-state index contributed by atoms with van der Waals surface area (Å²) in [5.41, 5.74) is 7.28. The first kappa shape index (κ1) is 11.2. The van der Waals surface area contributed by atoms with Crippen molar-refractivity contribution in [2.75, 3.05) is 6.61 Å². The molecule has 1 heterocycles. The van der Waals surface area contributed by atoms with Crippen molar-refractivity contribution < 1.29 is 4.74 Å². The molecule has 1 atom stereocenters. The minimum atomic E-state index is 0.0507. The van der Waals surface area contributed by atoms with Crippen molar-refractivity contribution in [1.82, 2.24) is 0 Å². The van der Waals surface area contributed by atoms with Crippen molar-refractivity contribution in [2.45, 2.75) is 12.5 Å². The zero-order chi connectivity index (χ0) is 11.2. The first-order valence-electron chi connectivity index (χ1n) is 5.29. The average Bonchev–Trinajstić information content (AvgIpc) is 2.81. The molecule has 2 rings (SSSR count). The summed E-state index contributed by atoms with van der Waals surface area (Å²) in [6.07, 6.45) is 0.871. The third kappa shape index (κ3) is 3.36. The molecule has 84 valence electrons. The van der Waals surface area contributed by atoms with Gasteiger partial charge in [0, 0.05) is 6.04 Å². The van der Waals surface area contributed by atoms with Crippen LogP contribution < -0.4 is 10.5 Å². The Morgan fingerprint density at radius 1 is 1.19 bits per heavy atom. The lowest BCUT2D eigenvalue weighted by Gasteiger charge is -2.12. The summed E-state index contributed by atoms with van der Waals surface area (Å²) in [6.45, 7) is 0.555. The Balaban J connectivity index is 1.78. The standard InChI is InChI=1S/C13H15NOS/c14-12(8-11-6-7-16-10-11)9-15-13-4-2-1-3-5-13/h1-7,10,12H,8-9,14H2. The van der Waals surface area contributed by atoms with Gasteiger partial charge in [-0.2, -0.15) is 11.3 Å². The maximum Gasteiger partial charge on any atom is 0.119 e. The van der Waals surface area contributed by atoms with E-state index in [-0.39, 0.29) is 6.04 Å². The van der Waals surface area contributed by atoms with Crippen molar-refractivity contribution in [1.29, 1.82) is 0 Å². The first-order chi connectivity index (χ1) is 7.84. The monoisotopic (exact) mass is 233 g/mol. The highest BCUT2D eigenvalue weighted by Crippen LogP contribution is 2.11. The zero-order valence-corrected chi connectivity index (χ0v) is 9.82. The third-order valence-corrected chi connectivity index (χ3v) is 3.02. The van der Waals surface area contributed by atoms with Crippen molar-refractivity contribution >= 4 is 11.3 Å². The van der Waals surface area contributed by atoms with Crippen LogP contribution in [-0.4, -0.2) is 12.6 Å². The van der Waals surface area contributed by atoms with Crippen molar-refractivity contribution in [3.63, 3.8) is 0 Å². The second-order valence-corrected chi connectivity index (χ2v) is 4.50. The van der Waals surface area contributed by atoms with Crippen LogP contribution in [0.3, 0.4) is 0 Å². The van der Waals surface area contributed by atoms with Gasteiger partial charge in [0.1, 0.15) is 12.4 Å². The van der Waals surface area contributed by atoms with Crippen LogP contribution in [0.2, 0.25) is 0 Å². The van der Waals surface area contributed by atoms with E-state index in [1.165, 1.54) is 5.56 Å². The minimum absolute atomic E-state index is 0.0507. The van der Waals surface area contributed by atoms with Gasteiger partial charge in [-0.05, 0) is 40.9 Å². The van der Waals surface area contributed by atoms with E-state index < -0.39 is 0 Å².